The maximum Gasteiger partial charge on any atom is 0.254 e. The van der Waals surface area contributed by atoms with Crippen LogP contribution in [-0.4, -0.2) is 44.1 Å². The van der Waals surface area contributed by atoms with Crippen LogP contribution in [0.1, 0.15) is 80.5 Å². The van der Waals surface area contributed by atoms with Gasteiger partial charge in [-0.1, -0.05) is 20.8 Å². The van der Waals surface area contributed by atoms with Crippen molar-refractivity contribution in [3.63, 3.8) is 0 Å². The van der Waals surface area contributed by atoms with Gasteiger partial charge in [0.05, 0.1) is 11.4 Å². The summed E-state index contributed by atoms with van der Waals surface area (Å²) in [6.45, 7) is 11.7. The van der Waals surface area contributed by atoms with E-state index in [1.807, 2.05) is 18.7 Å². The number of aromatic amines is 2. The number of H-pyrrole nitrogens is 2. The van der Waals surface area contributed by atoms with Crippen molar-refractivity contribution in [3.05, 3.63) is 44.4 Å². The molecule has 1 aliphatic heterocycles. The van der Waals surface area contributed by atoms with Gasteiger partial charge in [0.2, 0.25) is 5.91 Å². The van der Waals surface area contributed by atoms with E-state index in [1.54, 1.807) is 0 Å². The summed E-state index contributed by atoms with van der Waals surface area (Å²) >= 11 is 0. The first-order valence-corrected chi connectivity index (χ1v) is 11.0. The van der Waals surface area contributed by atoms with Gasteiger partial charge in [0.25, 0.3) is 5.56 Å². The van der Waals surface area contributed by atoms with E-state index in [4.69, 9.17) is 4.98 Å². The molecule has 0 bridgehead atoms. The highest BCUT2D eigenvalue weighted by atomic mass is 16.2. The molecule has 162 valence electrons. The Kier molecular flexibility index (Phi) is 5.11. The highest BCUT2D eigenvalue weighted by molar-refractivity contribution is 5.76. The molecule has 0 aromatic carbocycles. The van der Waals surface area contributed by atoms with Crippen molar-refractivity contribution in [2.75, 3.05) is 13.1 Å². The Morgan fingerprint density at radius 3 is 2.67 bits per heavy atom. The summed E-state index contributed by atoms with van der Waals surface area (Å²) in [6.07, 6.45) is 4.70. The lowest BCUT2D eigenvalue weighted by molar-refractivity contribution is -0.133. The normalized spacial score (nSPS) is 21.3. The predicted octanol–water partition coefficient (Wildman–Crippen LogP) is 2.85. The minimum atomic E-state index is -0.221. The van der Waals surface area contributed by atoms with Gasteiger partial charge in [-0.15, -0.1) is 0 Å². The molecule has 7 heteroatoms. The monoisotopic (exact) mass is 411 g/mol. The lowest BCUT2D eigenvalue weighted by Crippen LogP contribution is -2.48. The Balaban J connectivity index is 1.55. The lowest BCUT2D eigenvalue weighted by Gasteiger charge is -2.40. The number of hydrogen-bond donors (Lipinski definition) is 2. The van der Waals surface area contributed by atoms with E-state index >= 15 is 0 Å². The average Bonchev–Trinajstić information content (AvgIpc) is 3.20. The highest BCUT2D eigenvalue weighted by Gasteiger charge is 2.46. The third kappa shape index (κ3) is 3.59. The zero-order chi connectivity index (χ0) is 21.7. The number of aryl methyl sites for hydroxylation is 2. The molecule has 1 atom stereocenters. The van der Waals surface area contributed by atoms with Gasteiger partial charge in [0.15, 0.2) is 0 Å². The summed E-state index contributed by atoms with van der Waals surface area (Å²) in [5.74, 6) is 0.906. The summed E-state index contributed by atoms with van der Waals surface area (Å²) in [7, 11) is 0. The molecule has 1 unspecified atom stereocenters. The van der Waals surface area contributed by atoms with Crippen molar-refractivity contribution in [3.8, 4) is 0 Å². The van der Waals surface area contributed by atoms with Crippen LogP contribution in [0.25, 0.3) is 0 Å². The zero-order valence-electron chi connectivity index (χ0n) is 18.8. The van der Waals surface area contributed by atoms with Crippen LogP contribution in [-0.2, 0) is 28.5 Å². The van der Waals surface area contributed by atoms with Gasteiger partial charge >= 0.3 is 0 Å². The van der Waals surface area contributed by atoms with Crippen LogP contribution in [0.5, 0.6) is 0 Å². The molecule has 0 saturated carbocycles. The molecule has 2 aromatic heterocycles. The third-order valence-electron chi connectivity index (χ3n) is 6.94. The van der Waals surface area contributed by atoms with Gasteiger partial charge in [-0.3, -0.25) is 14.7 Å². The van der Waals surface area contributed by atoms with Crippen LogP contribution in [0.15, 0.2) is 4.79 Å². The van der Waals surface area contributed by atoms with Crippen LogP contribution in [0.2, 0.25) is 0 Å². The molecule has 7 nitrogen and oxygen atoms in total. The molecule has 0 radical (unpaired) electrons. The number of nitrogens with one attached hydrogen (secondary N) is 2. The third-order valence-corrected chi connectivity index (χ3v) is 6.94. The Morgan fingerprint density at radius 2 is 2.00 bits per heavy atom. The fraction of sp³-hybridized carbons (Fsp3) is 0.652. The standard InChI is InChI=1S/C23H33N5O2/c1-14-15(2)26-27-17(14)7-8-18(29)28-12-6-10-23(13-28)11-9-16-19(23)24-21(22(3,4)5)25-20(16)30/h6-13H2,1-5H3,(H,26,27)(H,24,25,30). The molecule has 1 fully saturated rings. The smallest absolute Gasteiger partial charge is 0.254 e. The summed E-state index contributed by atoms with van der Waals surface area (Å²) in [5, 5.41) is 7.33. The van der Waals surface area contributed by atoms with Gasteiger partial charge in [-0.2, -0.15) is 5.10 Å². The molecule has 1 saturated heterocycles. The molecule has 2 aromatic rings. The van der Waals surface area contributed by atoms with Crippen molar-refractivity contribution in [1.29, 1.82) is 0 Å². The number of rotatable bonds is 3. The van der Waals surface area contributed by atoms with Crippen LogP contribution < -0.4 is 5.56 Å². The molecule has 1 amide bonds. The lowest BCUT2D eigenvalue weighted by atomic mass is 9.77. The van der Waals surface area contributed by atoms with E-state index in [9.17, 15) is 9.59 Å². The number of fused-ring (bicyclic) bond motifs is 2. The highest BCUT2D eigenvalue weighted by Crippen LogP contribution is 2.43. The summed E-state index contributed by atoms with van der Waals surface area (Å²) < 4.78 is 0. The second kappa shape index (κ2) is 7.36. The first-order valence-electron chi connectivity index (χ1n) is 11.0. The van der Waals surface area contributed by atoms with E-state index in [-0.39, 0.29) is 22.3 Å². The average molecular weight is 412 g/mol. The molecule has 1 aliphatic carbocycles. The van der Waals surface area contributed by atoms with E-state index in [1.165, 1.54) is 0 Å². The van der Waals surface area contributed by atoms with Crippen LogP contribution >= 0.6 is 0 Å². The summed E-state index contributed by atoms with van der Waals surface area (Å²) in [6, 6.07) is 0. The quantitative estimate of drug-likeness (QED) is 0.812. The number of hydrogen-bond acceptors (Lipinski definition) is 4. The van der Waals surface area contributed by atoms with E-state index < -0.39 is 0 Å². The van der Waals surface area contributed by atoms with E-state index in [2.05, 4.69) is 36.0 Å². The number of amides is 1. The van der Waals surface area contributed by atoms with Gasteiger partial charge < -0.3 is 9.88 Å². The summed E-state index contributed by atoms with van der Waals surface area (Å²) in [4.78, 5) is 35.7. The molecular weight excluding hydrogens is 378 g/mol. The minimum absolute atomic E-state index is 0.00497. The van der Waals surface area contributed by atoms with Crippen molar-refractivity contribution < 1.29 is 4.79 Å². The molecule has 1 spiro atoms. The predicted molar refractivity (Wildman–Crippen MR) is 116 cm³/mol. The van der Waals surface area contributed by atoms with Crippen LogP contribution in [0.3, 0.4) is 0 Å². The zero-order valence-corrected chi connectivity index (χ0v) is 18.8. The number of nitrogens with zero attached hydrogens (tertiary/aromatic N) is 3. The van der Waals surface area contributed by atoms with E-state index in [0.717, 1.165) is 66.3 Å². The van der Waals surface area contributed by atoms with Crippen molar-refractivity contribution in [2.24, 2.45) is 0 Å². The second-order valence-electron chi connectivity index (χ2n) is 10.1. The first-order chi connectivity index (χ1) is 14.1. The number of aromatic nitrogens is 4. The maximum absolute atomic E-state index is 13.0. The van der Waals surface area contributed by atoms with Crippen molar-refractivity contribution in [2.45, 2.75) is 84.0 Å². The number of carbonyl (C=O) groups excluding carboxylic acids is 1. The van der Waals surface area contributed by atoms with Gasteiger partial charge in [0, 0.05) is 48.0 Å². The van der Waals surface area contributed by atoms with Gasteiger partial charge in [-0.25, -0.2) is 4.98 Å². The molecule has 30 heavy (non-hydrogen) atoms. The fourth-order valence-electron chi connectivity index (χ4n) is 4.91. The largest absolute Gasteiger partial charge is 0.342 e. The molecule has 4 rings (SSSR count). The van der Waals surface area contributed by atoms with Crippen LogP contribution in [0, 0.1) is 13.8 Å². The van der Waals surface area contributed by atoms with Gasteiger partial charge in [-0.05, 0) is 45.1 Å². The molecular formula is C23H33N5O2. The second-order valence-corrected chi connectivity index (χ2v) is 10.1. The Morgan fingerprint density at radius 1 is 1.23 bits per heavy atom. The molecule has 2 N–H and O–H groups in total. The number of piperidine rings is 1. The molecule has 2 aliphatic rings. The van der Waals surface area contributed by atoms with Crippen molar-refractivity contribution >= 4 is 5.91 Å². The fourth-order valence-corrected chi connectivity index (χ4v) is 4.91. The molecule has 3 heterocycles. The number of carbonyl (C=O) groups is 1. The Labute approximate surface area is 177 Å². The van der Waals surface area contributed by atoms with Crippen LogP contribution in [0.4, 0.5) is 0 Å². The Bertz CT molecular complexity index is 1030. The van der Waals surface area contributed by atoms with Crippen molar-refractivity contribution in [1.82, 2.24) is 25.1 Å². The first kappa shape index (κ1) is 20.8. The topological polar surface area (TPSA) is 94.7 Å². The minimum Gasteiger partial charge on any atom is -0.342 e. The van der Waals surface area contributed by atoms with Gasteiger partial charge in [0.1, 0.15) is 5.82 Å². The Hall–Kier alpha value is -2.44. The maximum atomic E-state index is 13.0. The summed E-state index contributed by atoms with van der Waals surface area (Å²) in [5.41, 5.74) is 4.52. The van der Waals surface area contributed by atoms with E-state index in [0.29, 0.717) is 19.4 Å². The SMILES string of the molecule is Cc1[nH]nc(CCC(=O)N2CCCC3(CCc4c3nc(C(C)(C)C)[nH]c4=O)C2)c1C. The number of likely N-dealkylation sites (tertiary alicyclic amines) is 1.